The normalized spacial score (nSPS) is 11.1. The molecule has 1 heterocycles. The second-order valence-electron chi connectivity index (χ2n) is 4.56. The lowest BCUT2D eigenvalue weighted by Gasteiger charge is -2.11. The first-order valence-corrected chi connectivity index (χ1v) is 7.07. The van der Waals surface area contributed by atoms with Crippen LogP contribution in [0.3, 0.4) is 0 Å². The highest BCUT2D eigenvalue weighted by Crippen LogP contribution is 2.29. The van der Waals surface area contributed by atoms with Crippen LogP contribution in [0.25, 0.3) is 0 Å². The van der Waals surface area contributed by atoms with E-state index < -0.39 is 0 Å². The Balaban J connectivity index is 2.35. The van der Waals surface area contributed by atoms with Gasteiger partial charge in [-0.1, -0.05) is 66.8 Å². The standard InChI is InChI=1S/C14H13Cl3N2/c1-8(2)12-13(16)18-11(19-14(12)17)7-9-5-3-4-6-10(9)15/h3-6,8H,7H2,1-2H3. The zero-order valence-electron chi connectivity index (χ0n) is 10.6. The molecule has 2 rings (SSSR count). The molecule has 0 saturated heterocycles. The third kappa shape index (κ3) is 3.38. The molecule has 0 bridgehead atoms. The van der Waals surface area contributed by atoms with Crippen molar-refractivity contribution in [1.29, 1.82) is 0 Å². The highest BCUT2D eigenvalue weighted by atomic mass is 35.5. The molecule has 0 fully saturated rings. The average Bonchev–Trinajstić information content (AvgIpc) is 2.30. The molecule has 2 aromatic rings. The lowest BCUT2D eigenvalue weighted by Crippen LogP contribution is -2.03. The van der Waals surface area contributed by atoms with Crippen molar-refractivity contribution in [1.82, 2.24) is 9.97 Å². The molecule has 19 heavy (non-hydrogen) atoms. The van der Waals surface area contributed by atoms with Gasteiger partial charge in [0.2, 0.25) is 0 Å². The largest absolute Gasteiger partial charge is 0.220 e. The van der Waals surface area contributed by atoms with Gasteiger partial charge in [-0.3, -0.25) is 0 Å². The van der Waals surface area contributed by atoms with E-state index in [0.29, 0.717) is 27.6 Å². The summed E-state index contributed by atoms with van der Waals surface area (Å²) in [6, 6.07) is 7.58. The maximum absolute atomic E-state index is 6.17. The summed E-state index contributed by atoms with van der Waals surface area (Å²) in [6.07, 6.45) is 0.511. The molecule has 0 aliphatic carbocycles. The number of halogens is 3. The predicted molar refractivity (Wildman–Crippen MR) is 80.4 cm³/mol. The molecule has 0 N–H and O–H groups in total. The minimum absolute atomic E-state index is 0.189. The molecular weight excluding hydrogens is 303 g/mol. The van der Waals surface area contributed by atoms with E-state index >= 15 is 0 Å². The van der Waals surface area contributed by atoms with Gasteiger partial charge in [0.1, 0.15) is 16.1 Å². The molecule has 0 spiro atoms. The van der Waals surface area contributed by atoms with Crippen LogP contribution in [0.4, 0.5) is 0 Å². The van der Waals surface area contributed by atoms with Crippen LogP contribution >= 0.6 is 34.8 Å². The lowest BCUT2D eigenvalue weighted by molar-refractivity contribution is 0.830. The van der Waals surface area contributed by atoms with Crippen molar-refractivity contribution in [2.75, 3.05) is 0 Å². The smallest absolute Gasteiger partial charge is 0.137 e. The summed E-state index contributed by atoms with van der Waals surface area (Å²) in [5.41, 5.74) is 1.74. The molecule has 0 saturated carbocycles. The van der Waals surface area contributed by atoms with Crippen molar-refractivity contribution in [3.8, 4) is 0 Å². The van der Waals surface area contributed by atoms with Crippen molar-refractivity contribution in [2.45, 2.75) is 26.2 Å². The topological polar surface area (TPSA) is 25.8 Å². The molecule has 0 radical (unpaired) electrons. The van der Waals surface area contributed by atoms with Crippen LogP contribution in [0.5, 0.6) is 0 Å². The maximum atomic E-state index is 6.17. The van der Waals surface area contributed by atoms with Gasteiger partial charge >= 0.3 is 0 Å². The van der Waals surface area contributed by atoms with Crippen molar-refractivity contribution in [2.24, 2.45) is 0 Å². The fourth-order valence-electron chi connectivity index (χ4n) is 1.82. The van der Waals surface area contributed by atoms with Gasteiger partial charge in [-0.05, 0) is 17.5 Å². The first kappa shape index (κ1) is 14.6. The van der Waals surface area contributed by atoms with E-state index in [-0.39, 0.29) is 5.92 Å². The highest BCUT2D eigenvalue weighted by molar-refractivity contribution is 6.34. The van der Waals surface area contributed by atoms with Crippen molar-refractivity contribution < 1.29 is 0 Å². The molecule has 0 aliphatic heterocycles. The Kier molecular flexibility index (Phi) is 4.67. The zero-order chi connectivity index (χ0) is 14.0. The van der Waals surface area contributed by atoms with E-state index in [9.17, 15) is 0 Å². The zero-order valence-corrected chi connectivity index (χ0v) is 12.9. The summed E-state index contributed by atoms with van der Waals surface area (Å²) < 4.78 is 0. The minimum Gasteiger partial charge on any atom is -0.220 e. The van der Waals surface area contributed by atoms with E-state index in [4.69, 9.17) is 34.8 Å². The van der Waals surface area contributed by atoms with Gasteiger partial charge in [-0.15, -0.1) is 0 Å². The summed E-state index contributed by atoms with van der Waals surface area (Å²) >= 11 is 18.4. The van der Waals surface area contributed by atoms with Crippen LogP contribution in [0.1, 0.15) is 36.7 Å². The number of hydrogen-bond donors (Lipinski definition) is 0. The average molecular weight is 316 g/mol. The number of benzene rings is 1. The summed E-state index contributed by atoms with van der Waals surface area (Å²) in [7, 11) is 0. The Hall–Kier alpha value is -0.830. The summed E-state index contributed by atoms with van der Waals surface area (Å²) in [5.74, 6) is 0.766. The Labute approximate surface area is 127 Å². The fourth-order valence-corrected chi connectivity index (χ4v) is 2.89. The molecule has 2 nitrogen and oxygen atoms in total. The number of hydrogen-bond acceptors (Lipinski definition) is 2. The molecule has 0 aliphatic rings. The third-order valence-corrected chi connectivity index (χ3v) is 3.73. The summed E-state index contributed by atoms with van der Waals surface area (Å²) in [6.45, 7) is 4.01. The molecule has 5 heteroatoms. The second-order valence-corrected chi connectivity index (χ2v) is 5.68. The van der Waals surface area contributed by atoms with Gasteiger partial charge in [-0.25, -0.2) is 9.97 Å². The fraction of sp³-hybridized carbons (Fsp3) is 0.286. The first-order valence-electron chi connectivity index (χ1n) is 5.94. The van der Waals surface area contributed by atoms with Crippen molar-refractivity contribution in [3.63, 3.8) is 0 Å². The Morgan fingerprint density at radius 3 is 2.11 bits per heavy atom. The molecule has 0 atom stereocenters. The minimum atomic E-state index is 0.189. The Bertz CT molecular complexity index is 574. The Morgan fingerprint density at radius 2 is 1.58 bits per heavy atom. The monoisotopic (exact) mass is 314 g/mol. The molecule has 0 amide bonds. The Morgan fingerprint density at radius 1 is 1.00 bits per heavy atom. The second kappa shape index (κ2) is 6.08. The molecule has 1 aromatic heterocycles. The van der Waals surface area contributed by atoms with E-state index in [1.54, 1.807) is 0 Å². The quantitative estimate of drug-likeness (QED) is 0.732. The van der Waals surface area contributed by atoms with Crippen LogP contribution in [0, 0.1) is 0 Å². The molecule has 1 aromatic carbocycles. The van der Waals surface area contributed by atoms with E-state index in [0.717, 1.165) is 11.1 Å². The van der Waals surface area contributed by atoms with Crippen LogP contribution in [-0.2, 0) is 6.42 Å². The number of nitrogens with zero attached hydrogens (tertiary/aromatic N) is 2. The highest BCUT2D eigenvalue weighted by Gasteiger charge is 2.15. The maximum Gasteiger partial charge on any atom is 0.137 e. The van der Waals surface area contributed by atoms with Gasteiger partial charge in [0.25, 0.3) is 0 Å². The van der Waals surface area contributed by atoms with E-state index in [1.165, 1.54) is 0 Å². The predicted octanol–water partition coefficient (Wildman–Crippen LogP) is 5.15. The van der Waals surface area contributed by atoms with Crippen LogP contribution in [-0.4, -0.2) is 9.97 Å². The van der Waals surface area contributed by atoms with Gasteiger partial charge in [0, 0.05) is 17.0 Å². The molecule has 0 unspecified atom stereocenters. The van der Waals surface area contributed by atoms with Crippen LogP contribution < -0.4 is 0 Å². The number of aromatic nitrogens is 2. The van der Waals surface area contributed by atoms with Crippen LogP contribution in [0.2, 0.25) is 15.3 Å². The van der Waals surface area contributed by atoms with E-state index in [2.05, 4.69) is 9.97 Å². The first-order chi connectivity index (χ1) is 8.99. The van der Waals surface area contributed by atoms with Gasteiger partial charge in [-0.2, -0.15) is 0 Å². The molecular formula is C14H13Cl3N2. The lowest BCUT2D eigenvalue weighted by atomic mass is 10.1. The van der Waals surface area contributed by atoms with Gasteiger partial charge in [0.05, 0.1) is 0 Å². The third-order valence-electron chi connectivity index (χ3n) is 2.78. The number of rotatable bonds is 3. The van der Waals surface area contributed by atoms with Crippen molar-refractivity contribution >= 4 is 34.8 Å². The summed E-state index contributed by atoms with van der Waals surface area (Å²) in [5, 5.41) is 1.51. The van der Waals surface area contributed by atoms with Crippen LogP contribution in [0.15, 0.2) is 24.3 Å². The van der Waals surface area contributed by atoms with Gasteiger partial charge < -0.3 is 0 Å². The molecule has 100 valence electrons. The SMILES string of the molecule is CC(C)c1c(Cl)nc(Cc2ccccc2Cl)nc1Cl. The summed E-state index contributed by atoms with van der Waals surface area (Å²) in [4.78, 5) is 8.61. The van der Waals surface area contributed by atoms with Gasteiger partial charge in [0.15, 0.2) is 0 Å². The van der Waals surface area contributed by atoms with E-state index in [1.807, 2.05) is 38.1 Å². The van der Waals surface area contributed by atoms with Crippen molar-refractivity contribution in [3.05, 3.63) is 56.5 Å².